The van der Waals surface area contributed by atoms with Gasteiger partial charge < -0.3 is 16.8 Å². The third-order valence-electron chi connectivity index (χ3n) is 1.39. The molecule has 4 nitrogen and oxygen atoms in total. The van der Waals surface area contributed by atoms with Gasteiger partial charge in [0.15, 0.2) is 0 Å². The van der Waals surface area contributed by atoms with Gasteiger partial charge in [-0.2, -0.15) is 0 Å². The Morgan fingerprint density at radius 3 is 2.73 bits per heavy atom. The van der Waals surface area contributed by atoms with Gasteiger partial charge in [-0.15, -0.1) is 0 Å². The average molecular weight is 159 g/mol. The summed E-state index contributed by atoms with van der Waals surface area (Å²) in [5.74, 6) is -0.0341. The van der Waals surface area contributed by atoms with Gasteiger partial charge >= 0.3 is 0 Å². The van der Waals surface area contributed by atoms with Crippen molar-refractivity contribution in [3.63, 3.8) is 0 Å². The van der Waals surface area contributed by atoms with Crippen molar-refractivity contribution in [3.8, 4) is 0 Å². The van der Waals surface area contributed by atoms with Crippen LogP contribution in [-0.4, -0.2) is 25.0 Å². The summed E-state index contributed by atoms with van der Waals surface area (Å²) in [4.78, 5) is 10.4. The van der Waals surface area contributed by atoms with Crippen LogP contribution < -0.4 is 16.8 Å². The second-order valence-corrected chi connectivity index (χ2v) is 2.63. The molecular weight excluding hydrogens is 142 g/mol. The maximum absolute atomic E-state index is 10.4. The zero-order valence-electron chi connectivity index (χ0n) is 6.97. The molecule has 11 heavy (non-hydrogen) atoms. The van der Waals surface area contributed by atoms with E-state index in [1.807, 2.05) is 0 Å². The van der Waals surface area contributed by atoms with Gasteiger partial charge in [0.2, 0.25) is 5.91 Å². The van der Waals surface area contributed by atoms with Crippen LogP contribution in [0.25, 0.3) is 0 Å². The van der Waals surface area contributed by atoms with Crippen LogP contribution in [0.1, 0.15) is 19.8 Å². The summed E-state index contributed by atoms with van der Waals surface area (Å²) in [5.41, 5.74) is 10.9. The van der Waals surface area contributed by atoms with Crippen molar-refractivity contribution < 1.29 is 4.79 Å². The number of amides is 1. The topological polar surface area (TPSA) is 81.1 Å². The van der Waals surface area contributed by atoms with E-state index in [2.05, 4.69) is 5.32 Å². The lowest BCUT2D eigenvalue weighted by atomic mass is 10.2. The molecule has 0 fully saturated rings. The van der Waals surface area contributed by atoms with Crippen molar-refractivity contribution in [2.75, 3.05) is 13.1 Å². The molecule has 1 amide bonds. The molecule has 0 aromatic rings. The molecule has 4 heteroatoms. The molecular formula is C7H17N3O. The van der Waals surface area contributed by atoms with E-state index in [1.165, 1.54) is 6.92 Å². The molecule has 5 N–H and O–H groups in total. The average Bonchev–Trinajstić information content (AvgIpc) is 1.97. The number of rotatable bonds is 5. The monoisotopic (exact) mass is 159 g/mol. The van der Waals surface area contributed by atoms with Crippen molar-refractivity contribution in [3.05, 3.63) is 0 Å². The Hall–Kier alpha value is -0.610. The molecule has 0 aromatic carbocycles. The standard InChI is InChI=1S/C7H17N3O/c1-6(11)10-5-7(9)3-2-4-8/h7H,2-5,8-9H2,1H3,(H,10,11)/t7-/m0/s1. The van der Waals surface area contributed by atoms with E-state index in [-0.39, 0.29) is 11.9 Å². The first-order valence-electron chi connectivity index (χ1n) is 3.87. The normalized spacial score (nSPS) is 12.6. The first-order chi connectivity index (χ1) is 5.16. The van der Waals surface area contributed by atoms with Gasteiger partial charge in [-0.25, -0.2) is 0 Å². The van der Waals surface area contributed by atoms with Crippen LogP contribution in [0.5, 0.6) is 0 Å². The fourth-order valence-corrected chi connectivity index (χ4v) is 0.757. The molecule has 0 saturated heterocycles. The fraction of sp³-hybridized carbons (Fsp3) is 0.857. The van der Waals surface area contributed by atoms with Crippen molar-refractivity contribution in [2.45, 2.75) is 25.8 Å². The summed E-state index contributed by atoms with van der Waals surface area (Å²) in [5, 5.41) is 2.65. The molecule has 66 valence electrons. The molecule has 0 unspecified atom stereocenters. The summed E-state index contributed by atoms with van der Waals surface area (Å²) in [6.07, 6.45) is 1.79. The smallest absolute Gasteiger partial charge is 0.216 e. The van der Waals surface area contributed by atoms with Crippen LogP contribution in [0.15, 0.2) is 0 Å². The number of nitrogens with two attached hydrogens (primary N) is 2. The molecule has 0 heterocycles. The first kappa shape index (κ1) is 10.4. The number of hydrogen-bond donors (Lipinski definition) is 3. The van der Waals surface area contributed by atoms with Crippen LogP contribution >= 0.6 is 0 Å². The molecule has 0 aliphatic carbocycles. The zero-order chi connectivity index (χ0) is 8.69. The minimum absolute atomic E-state index is 0.0341. The molecule has 1 atom stereocenters. The van der Waals surface area contributed by atoms with Gasteiger partial charge in [-0.3, -0.25) is 4.79 Å². The predicted molar refractivity (Wildman–Crippen MR) is 44.9 cm³/mol. The van der Waals surface area contributed by atoms with Gasteiger partial charge in [0.05, 0.1) is 0 Å². The largest absolute Gasteiger partial charge is 0.355 e. The Morgan fingerprint density at radius 2 is 2.27 bits per heavy atom. The summed E-state index contributed by atoms with van der Waals surface area (Å²) in [7, 11) is 0. The van der Waals surface area contributed by atoms with E-state index in [9.17, 15) is 4.79 Å². The third-order valence-corrected chi connectivity index (χ3v) is 1.39. The van der Waals surface area contributed by atoms with Gasteiger partial charge in [0.25, 0.3) is 0 Å². The van der Waals surface area contributed by atoms with Crippen molar-refractivity contribution >= 4 is 5.91 Å². The minimum Gasteiger partial charge on any atom is -0.355 e. The minimum atomic E-state index is -0.0341. The van der Waals surface area contributed by atoms with Crippen LogP contribution in [0.4, 0.5) is 0 Å². The highest BCUT2D eigenvalue weighted by Crippen LogP contribution is 1.90. The third kappa shape index (κ3) is 7.29. The molecule has 0 saturated carbocycles. The molecule has 0 spiro atoms. The maximum Gasteiger partial charge on any atom is 0.216 e. The predicted octanol–water partition coefficient (Wildman–Crippen LogP) is -0.811. The summed E-state index contributed by atoms with van der Waals surface area (Å²) in [6.45, 7) is 2.69. The highest BCUT2D eigenvalue weighted by Gasteiger charge is 2.01. The second kappa shape index (κ2) is 6.12. The van der Waals surface area contributed by atoms with Gasteiger partial charge in [-0.1, -0.05) is 0 Å². The lowest BCUT2D eigenvalue weighted by Gasteiger charge is -2.10. The van der Waals surface area contributed by atoms with E-state index in [4.69, 9.17) is 11.5 Å². The summed E-state index contributed by atoms with van der Waals surface area (Å²) >= 11 is 0. The van der Waals surface area contributed by atoms with Crippen molar-refractivity contribution in [1.82, 2.24) is 5.32 Å². The lowest BCUT2D eigenvalue weighted by Crippen LogP contribution is -2.36. The molecule has 0 rings (SSSR count). The molecule has 0 aliphatic heterocycles. The van der Waals surface area contributed by atoms with E-state index in [0.717, 1.165) is 12.8 Å². The molecule has 0 radical (unpaired) electrons. The highest BCUT2D eigenvalue weighted by atomic mass is 16.1. The Morgan fingerprint density at radius 1 is 1.64 bits per heavy atom. The van der Waals surface area contributed by atoms with Gasteiger partial charge in [-0.05, 0) is 19.4 Å². The number of carbonyl (C=O) groups is 1. The Bertz CT molecular complexity index is 116. The molecule has 0 aromatic heterocycles. The Labute approximate surface area is 67.3 Å². The van der Waals surface area contributed by atoms with Crippen LogP contribution in [-0.2, 0) is 4.79 Å². The van der Waals surface area contributed by atoms with Crippen LogP contribution in [0, 0.1) is 0 Å². The number of nitrogens with one attached hydrogen (secondary N) is 1. The summed E-state index contributed by atoms with van der Waals surface area (Å²) < 4.78 is 0. The lowest BCUT2D eigenvalue weighted by molar-refractivity contribution is -0.119. The van der Waals surface area contributed by atoms with Crippen LogP contribution in [0.2, 0.25) is 0 Å². The van der Waals surface area contributed by atoms with E-state index in [1.54, 1.807) is 0 Å². The first-order valence-corrected chi connectivity index (χ1v) is 3.87. The van der Waals surface area contributed by atoms with Crippen molar-refractivity contribution in [1.29, 1.82) is 0 Å². The number of carbonyl (C=O) groups excluding carboxylic acids is 1. The fourth-order valence-electron chi connectivity index (χ4n) is 0.757. The van der Waals surface area contributed by atoms with Gasteiger partial charge in [0, 0.05) is 19.5 Å². The molecule has 0 bridgehead atoms. The maximum atomic E-state index is 10.4. The van der Waals surface area contributed by atoms with E-state index < -0.39 is 0 Å². The Balaban J connectivity index is 3.22. The van der Waals surface area contributed by atoms with Gasteiger partial charge in [0.1, 0.15) is 0 Å². The zero-order valence-corrected chi connectivity index (χ0v) is 6.97. The highest BCUT2D eigenvalue weighted by molar-refractivity contribution is 5.72. The van der Waals surface area contributed by atoms with Crippen LogP contribution in [0.3, 0.4) is 0 Å². The van der Waals surface area contributed by atoms with E-state index in [0.29, 0.717) is 13.1 Å². The van der Waals surface area contributed by atoms with Crippen molar-refractivity contribution in [2.24, 2.45) is 11.5 Å². The SMILES string of the molecule is CC(=O)NC[C@@H](N)CCCN. The summed E-state index contributed by atoms with van der Waals surface area (Å²) in [6, 6.07) is 0.0439. The van der Waals surface area contributed by atoms with E-state index >= 15 is 0 Å². The quantitative estimate of drug-likeness (QED) is 0.490. The molecule has 0 aliphatic rings. The second-order valence-electron chi connectivity index (χ2n) is 2.63. The Kier molecular flexibility index (Phi) is 5.78. The number of hydrogen-bond acceptors (Lipinski definition) is 3.